The summed E-state index contributed by atoms with van der Waals surface area (Å²) in [4.78, 5) is 14.3. The molecule has 0 saturated carbocycles. The summed E-state index contributed by atoms with van der Waals surface area (Å²) in [5.74, 6) is 0.213. The summed E-state index contributed by atoms with van der Waals surface area (Å²) in [5, 5.41) is 3.12. The predicted octanol–water partition coefficient (Wildman–Crippen LogP) is 7.83. The Bertz CT molecular complexity index is 342. The molecular weight excluding hydrogens is 356 g/mol. The highest BCUT2D eigenvalue weighted by Crippen LogP contribution is 2.14. The van der Waals surface area contributed by atoms with Crippen LogP contribution in [0.4, 0.5) is 0 Å². The van der Waals surface area contributed by atoms with E-state index in [2.05, 4.69) is 37.9 Å². The van der Waals surface area contributed by atoms with E-state index in [1.165, 1.54) is 103 Å². The van der Waals surface area contributed by atoms with E-state index < -0.39 is 0 Å². The summed E-state index contributed by atoms with van der Waals surface area (Å²) < 4.78 is 0. The maximum absolute atomic E-state index is 12.0. The van der Waals surface area contributed by atoms with Crippen molar-refractivity contribution in [2.45, 2.75) is 149 Å². The molecule has 0 aromatic heterocycles. The van der Waals surface area contributed by atoms with Crippen molar-refractivity contribution < 1.29 is 4.79 Å². The Morgan fingerprint density at radius 1 is 0.621 bits per heavy atom. The average Bonchev–Trinajstić information content (AvgIpc) is 2.71. The van der Waals surface area contributed by atoms with E-state index in [-0.39, 0.29) is 12.1 Å². The van der Waals surface area contributed by atoms with E-state index in [0.29, 0.717) is 6.42 Å². The zero-order valence-corrected chi connectivity index (χ0v) is 20.6. The Morgan fingerprint density at radius 3 is 1.31 bits per heavy atom. The Hall–Kier alpha value is -0.570. The summed E-state index contributed by atoms with van der Waals surface area (Å²) in [6, 6.07) is 0. The zero-order valence-electron chi connectivity index (χ0n) is 20.6. The van der Waals surface area contributed by atoms with Crippen molar-refractivity contribution in [2.24, 2.45) is 0 Å². The fourth-order valence-electron chi connectivity index (χ4n) is 4.18. The molecule has 0 aromatic rings. The highest BCUT2D eigenvalue weighted by atomic mass is 16.1. The molecular formula is C26H54N2O. The van der Waals surface area contributed by atoms with Gasteiger partial charge in [-0.15, -0.1) is 0 Å². The van der Waals surface area contributed by atoms with Crippen LogP contribution in [0, 0.1) is 0 Å². The lowest BCUT2D eigenvalue weighted by molar-refractivity contribution is -0.123. The van der Waals surface area contributed by atoms with Gasteiger partial charge in [0.25, 0.3) is 0 Å². The summed E-state index contributed by atoms with van der Waals surface area (Å²) in [5.41, 5.74) is 0. The molecule has 1 unspecified atom stereocenters. The van der Waals surface area contributed by atoms with E-state index in [4.69, 9.17) is 0 Å². The van der Waals surface area contributed by atoms with Gasteiger partial charge in [0.05, 0.1) is 6.17 Å². The number of hydrogen-bond acceptors (Lipinski definition) is 2. The van der Waals surface area contributed by atoms with Crippen molar-refractivity contribution in [1.29, 1.82) is 0 Å². The third-order valence-corrected chi connectivity index (χ3v) is 6.24. The summed E-state index contributed by atoms with van der Waals surface area (Å²) in [6.45, 7) is 10.6. The third kappa shape index (κ3) is 19.2. The molecule has 174 valence electrons. The van der Waals surface area contributed by atoms with Crippen LogP contribution in [0.25, 0.3) is 0 Å². The summed E-state index contributed by atoms with van der Waals surface area (Å²) >= 11 is 0. The lowest BCUT2D eigenvalue weighted by atomic mass is 10.0. The molecule has 0 heterocycles. The van der Waals surface area contributed by atoms with E-state index in [0.717, 1.165) is 19.5 Å². The first-order chi connectivity index (χ1) is 14.2. The van der Waals surface area contributed by atoms with E-state index in [1.807, 2.05) is 0 Å². The molecule has 0 aliphatic heterocycles. The first-order valence-electron chi connectivity index (χ1n) is 13.2. The minimum Gasteiger partial charge on any atom is -0.341 e. The highest BCUT2D eigenvalue weighted by molar-refractivity contribution is 5.76. The van der Waals surface area contributed by atoms with Crippen molar-refractivity contribution in [1.82, 2.24) is 10.2 Å². The number of hydrogen-bond donors (Lipinski definition) is 1. The maximum Gasteiger partial charge on any atom is 0.221 e. The van der Waals surface area contributed by atoms with Crippen LogP contribution in [0.5, 0.6) is 0 Å². The fraction of sp³-hybridized carbons (Fsp3) is 0.962. The number of carbonyl (C=O) groups is 1. The quantitative estimate of drug-likeness (QED) is 0.146. The minimum absolute atomic E-state index is 0.156. The van der Waals surface area contributed by atoms with Crippen molar-refractivity contribution in [2.75, 3.05) is 13.1 Å². The number of amides is 1. The Kier molecular flexibility index (Phi) is 21.7. The van der Waals surface area contributed by atoms with Crippen molar-refractivity contribution in [3.05, 3.63) is 0 Å². The molecule has 1 N–H and O–H groups in total. The Balaban J connectivity index is 3.26. The molecule has 0 aliphatic carbocycles. The van der Waals surface area contributed by atoms with Gasteiger partial charge in [0.15, 0.2) is 0 Å². The molecule has 0 aromatic carbocycles. The van der Waals surface area contributed by atoms with Gasteiger partial charge in [-0.05, 0) is 26.4 Å². The molecule has 1 atom stereocenters. The fourth-order valence-corrected chi connectivity index (χ4v) is 4.18. The predicted molar refractivity (Wildman–Crippen MR) is 129 cm³/mol. The van der Waals surface area contributed by atoms with Gasteiger partial charge in [-0.3, -0.25) is 9.69 Å². The second kappa shape index (κ2) is 22.1. The van der Waals surface area contributed by atoms with Gasteiger partial charge in [-0.1, -0.05) is 124 Å². The van der Waals surface area contributed by atoms with Crippen molar-refractivity contribution >= 4 is 5.91 Å². The van der Waals surface area contributed by atoms with Crippen molar-refractivity contribution in [3.8, 4) is 0 Å². The number of unbranched alkanes of at least 4 members (excludes halogenated alkanes) is 16. The molecule has 0 bridgehead atoms. The molecule has 29 heavy (non-hydrogen) atoms. The minimum atomic E-state index is 0.156. The second-order valence-corrected chi connectivity index (χ2v) is 8.87. The molecule has 0 fully saturated rings. The average molecular weight is 411 g/mol. The maximum atomic E-state index is 12.0. The smallest absolute Gasteiger partial charge is 0.221 e. The highest BCUT2D eigenvalue weighted by Gasteiger charge is 2.12. The first-order valence-corrected chi connectivity index (χ1v) is 13.2. The zero-order chi connectivity index (χ0) is 21.6. The SMILES string of the molecule is CCCCCCCCCCCCCCCCCCCC(=O)NC(C)N(CC)CC. The summed E-state index contributed by atoms with van der Waals surface area (Å²) in [6.07, 6.45) is 24.3. The van der Waals surface area contributed by atoms with Gasteiger partial charge in [0, 0.05) is 6.42 Å². The van der Waals surface area contributed by atoms with Crippen LogP contribution < -0.4 is 5.32 Å². The van der Waals surface area contributed by atoms with Crippen LogP contribution in [0.1, 0.15) is 143 Å². The van der Waals surface area contributed by atoms with Crippen LogP contribution >= 0.6 is 0 Å². The number of carbonyl (C=O) groups excluding carboxylic acids is 1. The van der Waals surface area contributed by atoms with Crippen LogP contribution in [0.3, 0.4) is 0 Å². The third-order valence-electron chi connectivity index (χ3n) is 6.24. The molecule has 1 amide bonds. The summed E-state index contributed by atoms with van der Waals surface area (Å²) in [7, 11) is 0. The van der Waals surface area contributed by atoms with Gasteiger partial charge in [-0.25, -0.2) is 0 Å². The molecule has 0 aliphatic rings. The molecule has 3 nitrogen and oxygen atoms in total. The number of rotatable bonds is 22. The number of nitrogens with one attached hydrogen (secondary N) is 1. The van der Waals surface area contributed by atoms with Crippen molar-refractivity contribution in [3.63, 3.8) is 0 Å². The molecule has 0 spiro atoms. The van der Waals surface area contributed by atoms with Crippen LogP contribution in [0.2, 0.25) is 0 Å². The van der Waals surface area contributed by atoms with Gasteiger partial charge in [0.1, 0.15) is 0 Å². The lowest BCUT2D eigenvalue weighted by Crippen LogP contribution is -2.45. The van der Waals surface area contributed by atoms with E-state index in [1.54, 1.807) is 0 Å². The first kappa shape index (κ1) is 28.4. The molecule has 0 rings (SSSR count). The normalized spacial score (nSPS) is 12.4. The molecule has 0 radical (unpaired) electrons. The van der Waals surface area contributed by atoms with Gasteiger partial charge in [-0.2, -0.15) is 0 Å². The number of nitrogens with zero attached hydrogens (tertiary/aromatic N) is 1. The van der Waals surface area contributed by atoms with Crippen LogP contribution in [-0.4, -0.2) is 30.1 Å². The van der Waals surface area contributed by atoms with Gasteiger partial charge in [0.2, 0.25) is 5.91 Å². The largest absolute Gasteiger partial charge is 0.341 e. The second-order valence-electron chi connectivity index (χ2n) is 8.87. The topological polar surface area (TPSA) is 32.3 Å². The Morgan fingerprint density at radius 2 is 0.966 bits per heavy atom. The van der Waals surface area contributed by atoms with E-state index >= 15 is 0 Å². The molecule has 3 heteroatoms. The van der Waals surface area contributed by atoms with Crippen LogP contribution in [-0.2, 0) is 4.79 Å². The lowest BCUT2D eigenvalue weighted by Gasteiger charge is -2.27. The van der Waals surface area contributed by atoms with Gasteiger partial charge >= 0.3 is 0 Å². The van der Waals surface area contributed by atoms with E-state index in [9.17, 15) is 4.79 Å². The van der Waals surface area contributed by atoms with Crippen LogP contribution in [0.15, 0.2) is 0 Å². The molecule has 0 saturated heterocycles. The monoisotopic (exact) mass is 410 g/mol. The standard InChI is InChI=1S/C26H54N2O/c1-5-8-9-10-11-12-13-14-15-16-17-18-19-20-21-22-23-24-26(29)27-25(4)28(6-2)7-3/h25H,5-24H2,1-4H3,(H,27,29). The Labute approximate surface area is 183 Å². The van der Waals surface area contributed by atoms with Gasteiger partial charge < -0.3 is 5.32 Å².